The minimum Gasteiger partial charge on any atom is -0.342 e. The molecule has 0 radical (unpaired) electrons. The van der Waals surface area contributed by atoms with Crippen LogP contribution in [0.25, 0.3) is 21.9 Å². The summed E-state index contributed by atoms with van der Waals surface area (Å²) in [5, 5.41) is 2.31. The van der Waals surface area contributed by atoms with Crippen molar-refractivity contribution in [3.05, 3.63) is 66.0 Å². The number of benzene rings is 2. The Morgan fingerprint density at radius 2 is 1.79 bits per heavy atom. The van der Waals surface area contributed by atoms with Gasteiger partial charge < -0.3 is 4.90 Å². The average Bonchev–Trinajstić information content (AvgIpc) is 3.40. The van der Waals surface area contributed by atoms with Crippen LogP contribution < -0.4 is 0 Å². The molecule has 200 valence electrons. The molecular formula is C33H36N4O2. The molecule has 1 unspecified atom stereocenters. The largest absolute Gasteiger partial charge is 0.342 e. The number of carbonyl (C=O) groups excluding carboxylic acids is 2. The van der Waals surface area contributed by atoms with Crippen LogP contribution in [0.5, 0.6) is 0 Å². The van der Waals surface area contributed by atoms with Crippen molar-refractivity contribution >= 4 is 28.4 Å². The quantitative estimate of drug-likeness (QED) is 0.415. The molecule has 1 atom stereocenters. The maximum absolute atomic E-state index is 13.9. The highest BCUT2D eigenvalue weighted by Gasteiger charge is 2.50. The zero-order valence-corrected chi connectivity index (χ0v) is 22.7. The van der Waals surface area contributed by atoms with Crippen molar-refractivity contribution in [1.82, 2.24) is 14.8 Å². The molecule has 2 aliphatic heterocycles. The third-order valence-electron chi connectivity index (χ3n) is 9.38. The van der Waals surface area contributed by atoms with Gasteiger partial charge in [0.1, 0.15) is 11.4 Å². The molecule has 0 N–H and O–H groups in total. The van der Waals surface area contributed by atoms with Crippen molar-refractivity contribution < 1.29 is 9.59 Å². The minimum atomic E-state index is -0.573. The second-order valence-electron chi connectivity index (χ2n) is 12.1. The number of rotatable bonds is 6. The number of pyridine rings is 1. The number of aryl methyl sites for hydroxylation is 1. The number of amides is 2. The zero-order chi connectivity index (χ0) is 26.6. The Morgan fingerprint density at radius 3 is 2.59 bits per heavy atom. The number of aliphatic imine (C=N–C) groups is 1. The summed E-state index contributed by atoms with van der Waals surface area (Å²) in [5.41, 5.74) is 3.95. The van der Waals surface area contributed by atoms with E-state index in [1.165, 1.54) is 10.9 Å². The lowest BCUT2D eigenvalue weighted by molar-refractivity contribution is -0.132. The number of nitrogens with zero attached hydrogens (tertiary/aromatic N) is 4. The summed E-state index contributed by atoms with van der Waals surface area (Å²) in [6, 6.07) is 15.1. The predicted molar refractivity (Wildman–Crippen MR) is 153 cm³/mol. The van der Waals surface area contributed by atoms with Crippen molar-refractivity contribution in [3.8, 4) is 11.1 Å². The number of amidine groups is 1. The Balaban J connectivity index is 1.14. The number of fused-ring (bicyclic) bond motifs is 1. The smallest absolute Gasteiger partial charge is 0.256 e. The first-order valence-electron chi connectivity index (χ1n) is 14.7. The van der Waals surface area contributed by atoms with Crippen LogP contribution in [-0.2, 0) is 9.59 Å². The first-order valence-corrected chi connectivity index (χ1v) is 14.7. The molecule has 4 aliphatic rings. The topological polar surface area (TPSA) is 65.9 Å². The highest BCUT2D eigenvalue weighted by molar-refractivity contribution is 6.16. The van der Waals surface area contributed by atoms with Crippen LogP contribution in [0.4, 0.5) is 0 Å². The summed E-state index contributed by atoms with van der Waals surface area (Å²) < 4.78 is 0. The maximum atomic E-state index is 13.9. The Hall–Kier alpha value is -3.54. The summed E-state index contributed by atoms with van der Waals surface area (Å²) in [4.78, 5) is 39.9. The van der Waals surface area contributed by atoms with Gasteiger partial charge in [-0.1, -0.05) is 43.2 Å². The Labute approximate surface area is 230 Å². The highest BCUT2D eigenvalue weighted by Crippen LogP contribution is 2.41. The van der Waals surface area contributed by atoms with E-state index >= 15 is 0 Å². The van der Waals surface area contributed by atoms with Crippen LogP contribution in [0, 0.1) is 18.8 Å². The molecule has 1 aromatic heterocycles. The number of carbonyl (C=O) groups is 2. The third-order valence-corrected chi connectivity index (χ3v) is 9.38. The number of hydrogen-bond donors (Lipinski definition) is 0. The normalized spacial score (nSPS) is 22.3. The summed E-state index contributed by atoms with van der Waals surface area (Å²) in [7, 11) is 0. The standard InChI is InChI=1S/C33H36N4O2/c1-22-18-25(26-6-7-28-20-34-15-10-27(28)19-26)8-9-29(22)30-35-33(13-2-3-14-33)32(39)37(30)17-12-23-11-16-36(21-23)31(38)24-4-5-24/h6-10,15,18-20,23-24H,2-5,11-14,16-17,21H2,1H3. The van der Waals surface area contributed by atoms with E-state index in [1.807, 2.05) is 23.4 Å². The van der Waals surface area contributed by atoms with Gasteiger partial charge in [-0.2, -0.15) is 0 Å². The van der Waals surface area contributed by atoms with Crippen LogP contribution in [0.15, 0.2) is 59.9 Å². The molecule has 2 aromatic carbocycles. The monoisotopic (exact) mass is 520 g/mol. The molecule has 2 amide bonds. The fraction of sp³-hybridized carbons (Fsp3) is 0.455. The third kappa shape index (κ3) is 4.44. The van der Waals surface area contributed by atoms with Crippen molar-refractivity contribution in [2.45, 2.75) is 63.8 Å². The molecule has 6 nitrogen and oxygen atoms in total. The Morgan fingerprint density at radius 1 is 1.00 bits per heavy atom. The van der Waals surface area contributed by atoms with E-state index in [1.54, 1.807) is 0 Å². The molecule has 1 saturated heterocycles. The van der Waals surface area contributed by atoms with E-state index in [0.29, 0.717) is 18.4 Å². The van der Waals surface area contributed by atoms with Gasteiger partial charge in [0.25, 0.3) is 5.91 Å². The predicted octanol–water partition coefficient (Wildman–Crippen LogP) is 5.76. The van der Waals surface area contributed by atoms with Gasteiger partial charge in [-0.15, -0.1) is 0 Å². The minimum absolute atomic E-state index is 0.186. The number of aromatic nitrogens is 1. The summed E-state index contributed by atoms with van der Waals surface area (Å²) in [6.45, 7) is 4.51. The first-order chi connectivity index (χ1) is 19.0. The van der Waals surface area contributed by atoms with Gasteiger partial charge in [0.05, 0.1) is 0 Å². The van der Waals surface area contributed by atoms with Crippen molar-refractivity contribution in [1.29, 1.82) is 0 Å². The molecule has 3 heterocycles. The fourth-order valence-corrected chi connectivity index (χ4v) is 6.88. The van der Waals surface area contributed by atoms with Gasteiger partial charge in [-0.3, -0.25) is 24.5 Å². The van der Waals surface area contributed by atoms with E-state index < -0.39 is 5.54 Å². The number of likely N-dealkylation sites (tertiary alicyclic amines) is 1. The van der Waals surface area contributed by atoms with Crippen LogP contribution in [0.3, 0.4) is 0 Å². The molecule has 0 bridgehead atoms. The molecule has 1 spiro atoms. The maximum Gasteiger partial charge on any atom is 0.256 e. The molecule has 7 rings (SSSR count). The number of hydrogen-bond acceptors (Lipinski definition) is 4. The van der Waals surface area contributed by atoms with Gasteiger partial charge in [0, 0.05) is 48.9 Å². The van der Waals surface area contributed by atoms with Gasteiger partial charge in [-0.25, -0.2) is 0 Å². The Bertz CT molecular complexity index is 1480. The molecule has 6 heteroatoms. The van der Waals surface area contributed by atoms with E-state index in [4.69, 9.17) is 4.99 Å². The van der Waals surface area contributed by atoms with Crippen LogP contribution in [-0.4, -0.2) is 57.6 Å². The lowest BCUT2D eigenvalue weighted by Crippen LogP contribution is -2.42. The van der Waals surface area contributed by atoms with Crippen LogP contribution >= 0.6 is 0 Å². The molecule has 3 fully saturated rings. The molecule has 2 aliphatic carbocycles. The van der Waals surface area contributed by atoms with E-state index in [-0.39, 0.29) is 11.8 Å². The second-order valence-corrected chi connectivity index (χ2v) is 12.1. The Kier molecular flexibility index (Phi) is 6.02. The highest BCUT2D eigenvalue weighted by atomic mass is 16.2. The average molecular weight is 521 g/mol. The second kappa shape index (κ2) is 9.58. The fourth-order valence-electron chi connectivity index (χ4n) is 6.88. The van der Waals surface area contributed by atoms with E-state index in [2.05, 4.69) is 53.2 Å². The van der Waals surface area contributed by atoms with Crippen molar-refractivity contribution in [2.75, 3.05) is 19.6 Å². The van der Waals surface area contributed by atoms with Crippen molar-refractivity contribution in [3.63, 3.8) is 0 Å². The lowest BCUT2D eigenvalue weighted by atomic mass is 9.97. The van der Waals surface area contributed by atoms with Gasteiger partial charge in [0.2, 0.25) is 5.91 Å². The van der Waals surface area contributed by atoms with E-state index in [9.17, 15) is 9.59 Å². The molecule has 39 heavy (non-hydrogen) atoms. The van der Waals surface area contributed by atoms with Gasteiger partial charge in [0.15, 0.2) is 0 Å². The first kappa shape index (κ1) is 24.5. The van der Waals surface area contributed by atoms with Crippen LogP contribution in [0.2, 0.25) is 0 Å². The molecule has 3 aromatic rings. The zero-order valence-electron chi connectivity index (χ0n) is 22.7. The molecule has 2 saturated carbocycles. The lowest BCUT2D eigenvalue weighted by Gasteiger charge is -2.24. The summed E-state index contributed by atoms with van der Waals surface area (Å²) in [6.07, 6.45) is 11.6. The SMILES string of the molecule is Cc1cc(-c2ccc3cnccc3c2)ccc1C1=NC2(CCCC2)C(=O)N1CCC1CCN(C(=O)C2CC2)C1. The van der Waals surface area contributed by atoms with Crippen LogP contribution in [0.1, 0.15) is 62.5 Å². The van der Waals surface area contributed by atoms with Crippen molar-refractivity contribution in [2.24, 2.45) is 16.8 Å². The summed E-state index contributed by atoms with van der Waals surface area (Å²) >= 11 is 0. The summed E-state index contributed by atoms with van der Waals surface area (Å²) in [5.74, 6) is 2.11. The van der Waals surface area contributed by atoms with Gasteiger partial charge >= 0.3 is 0 Å². The van der Waals surface area contributed by atoms with E-state index in [0.717, 1.165) is 92.4 Å². The molecular weight excluding hydrogens is 484 g/mol. The van der Waals surface area contributed by atoms with Gasteiger partial charge in [-0.05, 0) is 85.6 Å².